The van der Waals surface area contributed by atoms with Crippen molar-refractivity contribution in [3.05, 3.63) is 143 Å². The summed E-state index contributed by atoms with van der Waals surface area (Å²) in [5.41, 5.74) is 3.35. The van der Waals surface area contributed by atoms with Crippen LogP contribution in [0.25, 0.3) is 0 Å². The van der Waals surface area contributed by atoms with Gasteiger partial charge in [0, 0.05) is 13.1 Å². The van der Waals surface area contributed by atoms with Crippen LogP contribution in [0.1, 0.15) is 28.3 Å². The Morgan fingerprint density at radius 1 is 0.857 bits per heavy atom. The summed E-state index contributed by atoms with van der Waals surface area (Å²) < 4.78 is 48.6. The topological polar surface area (TPSA) is 66.9 Å². The molecule has 4 aromatic rings. The summed E-state index contributed by atoms with van der Waals surface area (Å²) in [6, 6.07) is 28.0. The van der Waals surface area contributed by atoms with Crippen LogP contribution in [-0.2, 0) is 27.8 Å². The van der Waals surface area contributed by atoms with Gasteiger partial charge in [-0.05, 0) is 66.4 Å². The number of hydrogen-bond acceptors (Lipinski definition) is 4. The van der Waals surface area contributed by atoms with Crippen molar-refractivity contribution < 1.29 is 22.3 Å². The van der Waals surface area contributed by atoms with Crippen LogP contribution >= 0.6 is 0 Å². The first kappa shape index (κ1) is 29.2. The standard InChI is InChI=1S/C34H33FN2O4S/c1-25-10-20-31(21-11-25)42(39,40)37-22-6-9-32(28-14-18-30(41-2)19-15-28)36(24-27-12-16-29(35)17-13-27)34(38)33(37)23-26-7-4-3-5-8-26/h3-21,32-33H,22-24H2,1-2H3/b9-6-/t32-,33+/m0/s1. The lowest BCUT2D eigenvalue weighted by Crippen LogP contribution is -2.53. The average molecular weight is 585 g/mol. The molecule has 0 radical (unpaired) electrons. The molecule has 216 valence electrons. The van der Waals surface area contributed by atoms with E-state index in [0.29, 0.717) is 5.75 Å². The molecular weight excluding hydrogens is 551 g/mol. The van der Waals surface area contributed by atoms with E-state index in [4.69, 9.17) is 4.74 Å². The van der Waals surface area contributed by atoms with Crippen LogP contribution in [0.4, 0.5) is 4.39 Å². The third-order valence-corrected chi connectivity index (χ3v) is 9.37. The molecular formula is C34H33FN2O4S. The Bertz CT molecular complexity index is 1640. The number of carbonyl (C=O) groups excluding carboxylic acids is 1. The molecule has 0 saturated carbocycles. The first-order valence-corrected chi connectivity index (χ1v) is 15.2. The Labute approximate surface area is 246 Å². The SMILES string of the molecule is COc1ccc([C@@H]2/C=C\CN(S(=O)(=O)c3ccc(C)cc3)[C@H](Cc3ccccc3)C(=O)N2Cc2ccc(F)cc2)cc1. The number of rotatable bonds is 8. The van der Waals surface area contributed by atoms with Gasteiger partial charge in [-0.2, -0.15) is 4.31 Å². The Morgan fingerprint density at radius 3 is 2.17 bits per heavy atom. The lowest BCUT2D eigenvalue weighted by molar-refractivity contribution is -0.137. The van der Waals surface area contributed by atoms with Crippen LogP contribution in [-0.4, -0.2) is 43.2 Å². The third kappa shape index (κ3) is 6.45. The van der Waals surface area contributed by atoms with E-state index < -0.39 is 22.1 Å². The highest BCUT2D eigenvalue weighted by molar-refractivity contribution is 7.89. The van der Waals surface area contributed by atoms with Gasteiger partial charge in [-0.1, -0.05) is 84.4 Å². The molecule has 0 fully saturated rings. The van der Waals surface area contributed by atoms with Gasteiger partial charge in [0.25, 0.3) is 0 Å². The molecule has 4 aromatic carbocycles. The highest BCUT2D eigenvalue weighted by Crippen LogP contribution is 2.32. The van der Waals surface area contributed by atoms with Gasteiger partial charge < -0.3 is 9.64 Å². The number of amides is 1. The quantitative estimate of drug-likeness (QED) is 0.235. The zero-order valence-corrected chi connectivity index (χ0v) is 24.4. The summed E-state index contributed by atoms with van der Waals surface area (Å²) in [7, 11) is -2.46. The molecule has 0 bridgehead atoms. The first-order chi connectivity index (χ1) is 20.3. The molecule has 0 aromatic heterocycles. The molecule has 1 aliphatic heterocycles. The smallest absolute Gasteiger partial charge is 0.244 e. The van der Waals surface area contributed by atoms with Crippen molar-refractivity contribution in [3.63, 3.8) is 0 Å². The van der Waals surface area contributed by atoms with Crippen molar-refractivity contribution in [2.75, 3.05) is 13.7 Å². The maximum atomic E-state index is 14.7. The lowest BCUT2D eigenvalue weighted by Gasteiger charge is -2.39. The van der Waals surface area contributed by atoms with Crippen molar-refractivity contribution in [1.29, 1.82) is 0 Å². The molecule has 0 spiro atoms. The predicted octanol–water partition coefficient (Wildman–Crippen LogP) is 6.08. The second kappa shape index (κ2) is 12.7. The molecule has 1 amide bonds. The molecule has 0 aliphatic carbocycles. The van der Waals surface area contributed by atoms with Crippen LogP contribution in [0.2, 0.25) is 0 Å². The summed E-state index contributed by atoms with van der Waals surface area (Å²) in [6.45, 7) is 2.07. The van der Waals surface area contributed by atoms with Crippen molar-refractivity contribution in [1.82, 2.24) is 9.21 Å². The van der Waals surface area contributed by atoms with Gasteiger partial charge in [0.15, 0.2) is 0 Å². The lowest BCUT2D eigenvalue weighted by atomic mass is 9.98. The Kier molecular flexibility index (Phi) is 8.85. The summed E-state index contributed by atoms with van der Waals surface area (Å²) in [5, 5.41) is 0. The van der Waals surface area contributed by atoms with Crippen molar-refractivity contribution in [2.45, 2.75) is 36.9 Å². The minimum absolute atomic E-state index is 0.0243. The monoisotopic (exact) mass is 584 g/mol. The molecule has 8 heteroatoms. The number of benzene rings is 4. The predicted molar refractivity (Wildman–Crippen MR) is 161 cm³/mol. The fourth-order valence-corrected chi connectivity index (χ4v) is 6.70. The average Bonchev–Trinajstić information content (AvgIpc) is 3.00. The van der Waals surface area contributed by atoms with Gasteiger partial charge in [-0.25, -0.2) is 12.8 Å². The van der Waals surface area contributed by atoms with E-state index in [-0.39, 0.29) is 36.1 Å². The Hall–Kier alpha value is -4.27. The van der Waals surface area contributed by atoms with Gasteiger partial charge in [-0.15, -0.1) is 0 Å². The fraction of sp³-hybridized carbons (Fsp3) is 0.206. The van der Waals surface area contributed by atoms with E-state index in [1.54, 1.807) is 48.4 Å². The van der Waals surface area contributed by atoms with E-state index in [9.17, 15) is 17.6 Å². The molecule has 1 heterocycles. The van der Waals surface area contributed by atoms with Crippen LogP contribution in [0, 0.1) is 12.7 Å². The number of ether oxygens (including phenoxy) is 1. The van der Waals surface area contributed by atoms with Gasteiger partial charge in [0.1, 0.15) is 17.6 Å². The second-order valence-electron chi connectivity index (χ2n) is 10.3. The fourth-order valence-electron chi connectivity index (χ4n) is 5.17. The second-order valence-corrected chi connectivity index (χ2v) is 12.2. The van der Waals surface area contributed by atoms with Crippen LogP contribution < -0.4 is 4.74 Å². The highest BCUT2D eigenvalue weighted by Gasteiger charge is 2.40. The van der Waals surface area contributed by atoms with Gasteiger partial charge in [0.05, 0.1) is 18.0 Å². The molecule has 2 atom stereocenters. The van der Waals surface area contributed by atoms with E-state index in [2.05, 4.69) is 0 Å². The summed E-state index contributed by atoms with van der Waals surface area (Å²) in [6.07, 6.45) is 3.86. The summed E-state index contributed by atoms with van der Waals surface area (Å²) in [4.78, 5) is 16.5. The van der Waals surface area contributed by atoms with E-state index >= 15 is 0 Å². The maximum absolute atomic E-state index is 14.7. The third-order valence-electron chi connectivity index (χ3n) is 7.48. The Morgan fingerprint density at radius 2 is 1.52 bits per heavy atom. The Balaban J connectivity index is 1.63. The van der Waals surface area contributed by atoms with Crippen molar-refractivity contribution >= 4 is 15.9 Å². The van der Waals surface area contributed by atoms with Crippen LogP contribution in [0.5, 0.6) is 5.75 Å². The van der Waals surface area contributed by atoms with Gasteiger partial charge in [0.2, 0.25) is 15.9 Å². The van der Waals surface area contributed by atoms with Crippen LogP contribution in [0.15, 0.2) is 120 Å². The minimum Gasteiger partial charge on any atom is -0.497 e. The van der Waals surface area contributed by atoms with Crippen LogP contribution in [0.3, 0.4) is 0 Å². The van der Waals surface area contributed by atoms with Gasteiger partial charge in [-0.3, -0.25) is 4.79 Å². The summed E-state index contributed by atoms with van der Waals surface area (Å²) in [5.74, 6) is -0.0343. The van der Waals surface area contributed by atoms with Gasteiger partial charge >= 0.3 is 0 Å². The molecule has 42 heavy (non-hydrogen) atoms. The molecule has 5 rings (SSSR count). The zero-order chi connectivity index (χ0) is 29.7. The number of methoxy groups -OCH3 is 1. The first-order valence-electron chi connectivity index (χ1n) is 13.7. The molecule has 0 saturated heterocycles. The molecule has 6 nitrogen and oxygen atoms in total. The number of halogens is 1. The van der Waals surface area contributed by atoms with E-state index in [1.807, 2.05) is 73.7 Å². The molecule has 0 N–H and O–H groups in total. The highest BCUT2D eigenvalue weighted by atomic mass is 32.2. The normalized spacial score (nSPS) is 18.7. The van der Waals surface area contributed by atoms with Crippen molar-refractivity contribution in [2.24, 2.45) is 0 Å². The van der Waals surface area contributed by atoms with Crippen molar-refractivity contribution in [3.8, 4) is 5.75 Å². The maximum Gasteiger partial charge on any atom is 0.244 e. The van der Waals surface area contributed by atoms with E-state index in [1.165, 1.54) is 16.4 Å². The largest absolute Gasteiger partial charge is 0.497 e. The molecule has 0 unspecified atom stereocenters. The van der Waals surface area contributed by atoms with E-state index in [0.717, 1.165) is 22.3 Å². The zero-order valence-electron chi connectivity index (χ0n) is 23.6. The molecule has 1 aliphatic rings. The minimum atomic E-state index is -4.05. The summed E-state index contributed by atoms with van der Waals surface area (Å²) >= 11 is 0. The number of hydrogen-bond donors (Lipinski definition) is 0. The number of sulfonamides is 1. The number of carbonyl (C=O) groups is 1. The number of nitrogens with zero attached hydrogens (tertiary/aromatic N) is 2. The number of aryl methyl sites for hydroxylation is 1.